The van der Waals surface area contributed by atoms with E-state index in [0.29, 0.717) is 23.5 Å². The first kappa shape index (κ1) is 21.6. The molecule has 0 unspecified atom stereocenters. The maximum atomic E-state index is 13.0. The number of nitrogens with zero attached hydrogens (tertiary/aromatic N) is 1. The van der Waals surface area contributed by atoms with Crippen molar-refractivity contribution in [3.8, 4) is 5.75 Å². The van der Waals surface area contributed by atoms with Crippen molar-refractivity contribution in [1.29, 1.82) is 0 Å². The third-order valence-electron chi connectivity index (χ3n) is 4.52. The van der Waals surface area contributed by atoms with Crippen molar-refractivity contribution >= 4 is 39.1 Å². The van der Waals surface area contributed by atoms with Gasteiger partial charge in [-0.15, -0.1) is 0 Å². The summed E-state index contributed by atoms with van der Waals surface area (Å²) >= 11 is 3.40. The van der Waals surface area contributed by atoms with Gasteiger partial charge in [0.15, 0.2) is 6.61 Å². The van der Waals surface area contributed by atoms with Gasteiger partial charge in [-0.25, -0.2) is 0 Å². The Morgan fingerprint density at radius 3 is 2.47 bits per heavy atom. The predicted molar refractivity (Wildman–Crippen MR) is 123 cm³/mol. The fourth-order valence-corrected chi connectivity index (χ4v) is 3.53. The molecule has 0 aliphatic rings. The molecule has 6 heteroatoms. The molecule has 3 aromatic rings. The molecule has 0 saturated carbocycles. The third kappa shape index (κ3) is 5.48. The van der Waals surface area contributed by atoms with Crippen LogP contribution in [0.1, 0.15) is 22.8 Å². The summed E-state index contributed by atoms with van der Waals surface area (Å²) in [4.78, 5) is 27.0. The van der Waals surface area contributed by atoms with Crippen LogP contribution < -0.4 is 15.0 Å². The second kappa shape index (κ2) is 10.1. The molecular formula is C24H23BrN2O3. The number of amides is 2. The van der Waals surface area contributed by atoms with Gasteiger partial charge in [0.2, 0.25) is 0 Å². The molecule has 0 aromatic heterocycles. The molecule has 3 aromatic carbocycles. The number of ether oxygens (including phenoxy) is 1. The lowest BCUT2D eigenvalue weighted by Crippen LogP contribution is -2.30. The van der Waals surface area contributed by atoms with Gasteiger partial charge in [0, 0.05) is 28.0 Å². The number of carbonyl (C=O) groups is 2. The Labute approximate surface area is 184 Å². The van der Waals surface area contributed by atoms with Crippen molar-refractivity contribution in [2.24, 2.45) is 0 Å². The zero-order chi connectivity index (χ0) is 21.5. The summed E-state index contributed by atoms with van der Waals surface area (Å²) in [6, 6.07) is 22.0. The second-order valence-electron chi connectivity index (χ2n) is 6.71. The molecule has 0 aliphatic carbocycles. The van der Waals surface area contributed by atoms with Gasteiger partial charge in [-0.2, -0.15) is 0 Å². The standard InChI is InChI=1S/C24H23BrN2O3/c1-3-27(21-10-5-4-6-11-21)24(29)18-8-7-9-20(15-18)26-23(28)16-30-22-13-12-19(25)14-17(22)2/h4-15H,3,16H2,1-2H3,(H,26,28). The molecule has 3 rings (SSSR count). The van der Waals surface area contributed by atoms with E-state index in [1.165, 1.54) is 0 Å². The predicted octanol–water partition coefficient (Wildman–Crippen LogP) is 5.44. The van der Waals surface area contributed by atoms with E-state index < -0.39 is 0 Å². The monoisotopic (exact) mass is 466 g/mol. The van der Waals surface area contributed by atoms with Crippen LogP contribution in [0, 0.1) is 6.92 Å². The maximum Gasteiger partial charge on any atom is 0.262 e. The van der Waals surface area contributed by atoms with E-state index in [4.69, 9.17) is 4.74 Å². The van der Waals surface area contributed by atoms with Gasteiger partial charge in [-0.1, -0.05) is 40.2 Å². The van der Waals surface area contributed by atoms with Crippen molar-refractivity contribution in [1.82, 2.24) is 0 Å². The van der Waals surface area contributed by atoms with E-state index in [-0.39, 0.29) is 18.4 Å². The Hall–Kier alpha value is -3.12. The Morgan fingerprint density at radius 2 is 1.77 bits per heavy atom. The topological polar surface area (TPSA) is 58.6 Å². The molecule has 30 heavy (non-hydrogen) atoms. The molecule has 0 radical (unpaired) electrons. The number of nitrogens with one attached hydrogen (secondary N) is 1. The lowest BCUT2D eigenvalue weighted by atomic mass is 10.1. The molecule has 0 fully saturated rings. The van der Waals surface area contributed by atoms with Crippen molar-refractivity contribution in [3.05, 3.63) is 88.4 Å². The summed E-state index contributed by atoms with van der Waals surface area (Å²) < 4.78 is 6.56. The van der Waals surface area contributed by atoms with Crippen LogP contribution >= 0.6 is 15.9 Å². The van der Waals surface area contributed by atoms with Crippen LogP contribution in [0.2, 0.25) is 0 Å². The number of halogens is 1. The molecule has 5 nitrogen and oxygen atoms in total. The molecule has 0 saturated heterocycles. The lowest BCUT2D eigenvalue weighted by molar-refractivity contribution is -0.118. The maximum absolute atomic E-state index is 13.0. The molecule has 0 heterocycles. The first-order valence-electron chi connectivity index (χ1n) is 9.63. The van der Waals surface area contributed by atoms with E-state index in [1.54, 1.807) is 29.2 Å². The fourth-order valence-electron chi connectivity index (χ4n) is 3.05. The van der Waals surface area contributed by atoms with Crippen LogP contribution in [0.3, 0.4) is 0 Å². The fraction of sp³-hybridized carbons (Fsp3) is 0.167. The molecule has 0 atom stereocenters. The summed E-state index contributed by atoms with van der Waals surface area (Å²) in [6.45, 7) is 4.27. The number of aryl methyl sites for hydroxylation is 1. The summed E-state index contributed by atoms with van der Waals surface area (Å²) in [6.07, 6.45) is 0. The van der Waals surface area contributed by atoms with E-state index in [2.05, 4.69) is 21.2 Å². The summed E-state index contributed by atoms with van der Waals surface area (Å²) in [5.41, 5.74) is 2.82. The molecule has 0 bridgehead atoms. The normalized spacial score (nSPS) is 10.4. The highest BCUT2D eigenvalue weighted by molar-refractivity contribution is 9.10. The number of para-hydroxylation sites is 1. The Bertz CT molecular complexity index is 1040. The first-order chi connectivity index (χ1) is 14.5. The van der Waals surface area contributed by atoms with E-state index in [0.717, 1.165) is 15.7 Å². The minimum atomic E-state index is -0.294. The number of hydrogen-bond acceptors (Lipinski definition) is 3. The number of benzene rings is 3. The molecule has 154 valence electrons. The molecule has 2 amide bonds. The number of rotatable bonds is 7. The number of hydrogen-bond donors (Lipinski definition) is 1. The van der Waals surface area contributed by atoms with E-state index >= 15 is 0 Å². The average molecular weight is 467 g/mol. The SMILES string of the molecule is CCN(C(=O)c1cccc(NC(=O)COc2ccc(Br)cc2C)c1)c1ccccc1. The van der Waals surface area contributed by atoms with Crippen LogP contribution in [-0.2, 0) is 4.79 Å². The van der Waals surface area contributed by atoms with Crippen LogP contribution in [0.25, 0.3) is 0 Å². The Kier molecular flexibility index (Phi) is 7.25. The zero-order valence-corrected chi connectivity index (χ0v) is 18.5. The summed E-state index contributed by atoms with van der Waals surface area (Å²) in [5, 5.41) is 2.79. The number of carbonyl (C=O) groups excluding carboxylic acids is 2. The van der Waals surface area contributed by atoms with Gasteiger partial charge < -0.3 is 15.0 Å². The Balaban J connectivity index is 1.66. The molecule has 1 N–H and O–H groups in total. The van der Waals surface area contributed by atoms with Crippen molar-refractivity contribution in [3.63, 3.8) is 0 Å². The summed E-state index contributed by atoms with van der Waals surface area (Å²) in [5.74, 6) is 0.234. The van der Waals surface area contributed by atoms with Gasteiger partial charge in [0.25, 0.3) is 11.8 Å². The van der Waals surface area contributed by atoms with Gasteiger partial charge in [-0.05, 0) is 67.9 Å². The summed E-state index contributed by atoms with van der Waals surface area (Å²) in [7, 11) is 0. The van der Waals surface area contributed by atoms with Crippen molar-refractivity contribution < 1.29 is 14.3 Å². The highest BCUT2D eigenvalue weighted by Gasteiger charge is 2.16. The molecular weight excluding hydrogens is 444 g/mol. The van der Waals surface area contributed by atoms with Gasteiger partial charge in [-0.3, -0.25) is 9.59 Å². The van der Waals surface area contributed by atoms with Crippen LogP contribution in [-0.4, -0.2) is 25.0 Å². The minimum absolute atomic E-state index is 0.119. The highest BCUT2D eigenvalue weighted by Crippen LogP contribution is 2.22. The smallest absolute Gasteiger partial charge is 0.262 e. The first-order valence-corrected chi connectivity index (χ1v) is 10.4. The van der Waals surface area contributed by atoms with Crippen LogP contribution in [0.4, 0.5) is 11.4 Å². The quantitative estimate of drug-likeness (QED) is 0.504. The third-order valence-corrected chi connectivity index (χ3v) is 5.01. The number of anilines is 2. The lowest BCUT2D eigenvalue weighted by Gasteiger charge is -2.21. The van der Waals surface area contributed by atoms with Crippen LogP contribution in [0.15, 0.2) is 77.3 Å². The second-order valence-corrected chi connectivity index (χ2v) is 7.63. The molecule has 0 aliphatic heterocycles. The van der Waals surface area contributed by atoms with Crippen LogP contribution in [0.5, 0.6) is 5.75 Å². The van der Waals surface area contributed by atoms with Gasteiger partial charge in [0.1, 0.15) is 5.75 Å². The largest absolute Gasteiger partial charge is 0.483 e. The van der Waals surface area contributed by atoms with Crippen molar-refractivity contribution in [2.45, 2.75) is 13.8 Å². The zero-order valence-electron chi connectivity index (χ0n) is 16.9. The van der Waals surface area contributed by atoms with Gasteiger partial charge in [0.05, 0.1) is 0 Å². The van der Waals surface area contributed by atoms with E-state index in [1.807, 2.05) is 62.4 Å². The van der Waals surface area contributed by atoms with E-state index in [9.17, 15) is 9.59 Å². The highest BCUT2D eigenvalue weighted by atomic mass is 79.9. The Morgan fingerprint density at radius 1 is 1.00 bits per heavy atom. The molecule has 0 spiro atoms. The minimum Gasteiger partial charge on any atom is -0.483 e. The van der Waals surface area contributed by atoms with Crippen molar-refractivity contribution in [2.75, 3.05) is 23.4 Å². The van der Waals surface area contributed by atoms with Gasteiger partial charge >= 0.3 is 0 Å². The average Bonchev–Trinajstić information content (AvgIpc) is 2.74.